The molecule has 2 aromatic rings. The predicted octanol–water partition coefficient (Wildman–Crippen LogP) is 0.616. The van der Waals surface area contributed by atoms with Crippen molar-refractivity contribution in [3.63, 3.8) is 0 Å². The molecule has 1 N–H and O–H groups in total. The molecule has 158 valence electrons. The van der Waals surface area contributed by atoms with Crippen molar-refractivity contribution >= 4 is 21.7 Å². The molecule has 0 unspecified atom stereocenters. The van der Waals surface area contributed by atoms with Gasteiger partial charge in [-0.15, -0.1) is 0 Å². The van der Waals surface area contributed by atoms with Crippen LogP contribution in [-0.2, 0) is 21.8 Å². The standard InChI is InChI=1S/C19H27N5O4S/c1-15-4-6-16(7-5-15)29(26,27)23(3)19-17(14-21-22(19)2)18(25)20-8-9-24-10-12-28-13-11-24/h4-7,14H,8-13H2,1-3H3,(H,20,25). The summed E-state index contributed by atoms with van der Waals surface area (Å²) in [6, 6.07) is 6.59. The van der Waals surface area contributed by atoms with E-state index in [1.807, 2.05) is 6.92 Å². The van der Waals surface area contributed by atoms with Crippen molar-refractivity contribution in [2.75, 3.05) is 50.7 Å². The number of ether oxygens (including phenoxy) is 1. The first-order valence-electron chi connectivity index (χ1n) is 9.46. The number of carbonyl (C=O) groups excluding carboxylic acids is 1. The highest BCUT2D eigenvalue weighted by molar-refractivity contribution is 7.92. The Bertz CT molecular complexity index is 949. The van der Waals surface area contributed by atoms with Gasteiger partial charge in [0.15, 0.2) is 5.82 Å². The van der Waals surface area contributed by atoms with Crippen LogP contribution in [-0.4, -0.2) is 75.4 Å². The van der Waals surface area contributed by atoms with Gasteiger partial charge in [-0.2, -0.15) is 5.10 Å². The van der Waals surface area contributed by atoms with Crippen LogP contribution >= 0.6 is 0 Å². The van der Waals surface area contributed by atoms with Gasteiger partial charge in [-0.1, -0.05) is 17.7 Å². The summed E-state index contributed by atoms with van der Waals surface area (Å²) in [7, 11) is -0.785. The van der Waals surface area contributed by atoms with Crippen molar-refractivity contribution in [1.82, 2.24) is 20.0 Å². The van der Waals surface area contributed by atoms with Crippen LogP contribution in [0.3, 0.4) is 0 Å². The third kappa shape index (κ3) is 4.77. The number of hydrogen-bond acceptors (Lipinski definition) is 6. The van der Waals surface area contributed by atoms with Crippen molar-refractivity contribution in [2.24, 2.45) is 7.05 Å². The molecule has 0 radical (unpaired) electrons. The quantitative estimate of drug-likeness (QED) is 0.704. The van der Waals surface area contributed by atoms with Gasteiger partial charge in [-0.3, -0.25) is 18.7 Å². The molecule has 0 saturated carbocycles. The monoisotopic (exact) mass is 421 g/mol. The summed E-state index contributed by atoms with van der Waals surface area (Å²) in [6.07, 6.45) is 1.39. The zero-order chi connectivity index (χ0) is 21.0. The largest absolute Gasteiger partial charge is 0.379 e. The first-order valence-corrected chi connectivity index (χ1v) is 10.9. The lowest BCUT2D eigenvalue weighted by molar-refractivity contribution is 0.0383. The zero-order valence-electron chi connectivity index (χ0n) is 17.0. The number of morpholine rings is 1. The number of benzene rings is 1. The van der Waals surface area contributed by atoms with Crippen molar-refractivity contribution in [2.45, 2.75) is 11.8 Å². The van der Waals surface area contributed by atoms with E-state index in [1.165, 1.54) is 17.9 Å². The lowest BCUT2D eigenvalue weighted by atomic mass is 10.2. The van der Waals surface area contributed by atoms with E-state index in [0.717, 1.165) is 23.0 Å². The Morgan fingerprint density at radius 1 is 1.24 bits per heavy atom. The average Bonchev–Trinajstić information content (AvgIpc) is 3.10. The van der Waals surface area contributed by atoms with Gasteiger partial charge in [0, 0.05) is 40.3 Å². The maximum Gasteiger partial charge on any atom is 0.265 e. The summed E-state index contributed by atoms with van der Waals surface area (Å²) < 4.78 is 33.9. The number of nitrogens with one attached hydrogen (secondary N) is 1. The first kappa shape index (κ1) is 21.3. The van der Waals surface area contributed by atoms with E-state index in [9.17, 15) is 13.2 Å². The van der Waals surface area contributed by atoms with Gasteiger partial charge in [0.05, 0.1) is 24.3 Å². The molecule has 29 heavy (non-hydrogen) atoms. The molecule has 3 rings (SSSR count). The maximum atomic E-state index is 13.0. The van der Waals surface area contributed by atoms with Gasteiger partial charge in [0.1, 0.15) is 5.56 Å². The number of anilines is 1. The first-order chi connectivity index (χ1) is 13.8. The third-order valence-corrected chi connectivity index (χ3v) is 6.71. The average molecular weight is 422 g/mol. The van der Waals surface area contributed by atoms with Crippen molar-refractivity contribution in [1.29, 1.82) is 0 Å². The second-order valence-electron chi connectivity index (χ2n) is 7.00. The van der Waals surface area contributed by atoms with E-state index in [2.05, 4.69) is 15.3 Å². The van der Waals surface area contributed by atoms with E-state index < -0.39 is 10.0 Å². The molecule has 0 atom stereocenters. The van der Waals surface area contributed by atoms with E-state index in [4.69, 9.17) is 4.74 Å². The van der Waals surface area contributed by atoms with Crippen LogP contribution in [0, 0.1) is 6.92 Å². The number of hydrogen-bond donors (Lipinski definition) is 1. The summed E-state index contributed by atoms with van der Waals surface area (Å²) in [5.74, 6) is -0.137. The molecule has 1 aliphatic heterocycles. The third-order valence-electron chi connectivity index (χ3n) is 4.95. The minimum atomic E-state index is -3.82. The molecule has 10 heteroatoms. The molecule has 1 saturated heterocycles. The number of carbonyl (C=O) groups is 1. The van der Waals surface area contributed by atoms with Gasteiger partial charge in [0.25, 0.3) is 15.9 Å². The fraction of sp³-hybridized carbons (Fsp3) is 0.474. The van der Waals surface area contributed by atoms with E-state index in [0.29, 0.717) is 26.3 Å². The molecule has 0 spiro atoms. The second-order valence-corrected chi connectivity index (χ2v) is 8.97. The second kappa shape index (κ2) is 8.93. The minimum absolute atomic E-state index is 0.158. The van der Waals surface area contributed by atoms with Crippen molar-refractivity contribution in [3.05, 3.63) is 41.6 Å². The molecule has 1 fully saturated rings. The van der Waals surface area contributed by atoms with Crippen LogP contribution in [0.15, 0.2) is 35.4 Å². The number of rotatable bonds is 7. The van der Waals surface area contributed by atoms with E-state index in [-0.39, 0.29) is 22.2 Å². The summed E-state index contributed by atoms with van der Waals surface area (Å²) >= 11 is 0. The van der Waals surface area contributed by atoms with Crippen molar-refractivity contribution in [3.8, 4) is 0 Å². The predicted molar refractivity (Wildman–Crippen MR) is 110 cm³/mol. The molecule has 1 amide bonds. The molecule has 0 aliphatic carbocycles. The molecular weight excluding hydrogens is 394 g/mol. The Hall–Kier alpha value is -2.43. The Labute approximate surface area is 171 Å². The Kier molecular flexibility index (Phi) is 6.56. The molecule has 0 bridgehead atoms. The molecule has 9 nitrogen and oxygen atoms in total. The topological polar surface area (TPSA) is 96.8 Å². The van der Waals surface area contributed by atoms with Crippen LogP contribution in [0.4, 0.5) is 5.82 Å². The fourth-order valence-corrected chi connectivity index (χ4v) is 4.43. The minimum Gasteiger partial charge on any atom is -0.379 e. The summed E-state index contributed by atoms with van der Waals surface area (Å²) in [5.41, 5.74) is 1.18. The molecule has 1 aromatic carbocycles. The highest BCUT2D eigenvalue weighted by Crippen LogP contribution is 2.25. The highest BCUT2D eigenvalue weighted by Gasteiger charge is 2.28. The number of nitrogens with zero attached hydrogens (tertiary/aromatic N) is 4. The summed E-state index contributed by atoms with van der Waals surface area (Å²) in [4.78, 5) is 15.1. The van der Waals surface area contributed by atoms with Gasteiger partial charge >= 0.3 is 0 Å². The van der Waals surface area contributed by atoms with Crippen LogP contribution in [0.1, 0.15) is 15.9 Å². The number of aryl methyl sites for hydroxylation is 2. The van der Waals surface area contributed by atoms with Crippen molar-refractivity contribution < 1.29 is 17.9 Å². The van der Waals surface area contributed by atoms with E-state index in [1.54, 1.807) is 31.3 Å². The van der Waals surface area contributed by atoms with Crippen LogP contribution in [0.2, 0.25) is 0 Å². The molecular formula is C19H27N5O4S. The Balaban J connectivity index is 1.74. The lowest BCUT2D eigenvalue weighted by Gasteiger charge is -2.26. The normalized spacial score (nSPS) is 15.3. The highest BCUT2D eigenvalue weighted by atomic mass is 32.2. The number of sulfonamides is 1. The fourth-order valence-electron chi connectivity index (χ4n) is 3.19. The summed E-state index contributed by atoms with van der Waals surface area (Å²) in [6.45, 7) is 6.13. The Morgan fingerprint density at radius 3 is 2.55 bits per heavy atom. The number of aromatic nitrogens is 2. The Morgan fingerprint density at radius 2 is 1.90 bits per heavy atom. The molecule has 2 heterocycles. The van der Waals surface area contributed by atoms with Crippen LogP contribution < -0.4 is 9.62 Å². The van der Waals surface area contributed by atoms with Crippen LogP contribution in [0.25, 0.3) is 0 Å². The number of amides is 1. The van der Waals surface area contributed by atoms with Crippen LogP contribution in [0.5, 0.6) is 0 Å². The SMILES string of the molecule is Cc1ccc(S(=O)(=O)N(C)c2c(C(=O)NCCN3CCOCC3)cnn2C)cc1. The molecule has 1 aromatic heterocycles. The smallest absolute Gasteiger partial charge is 0.265 e. The van der Waals surface area contributed by atoms with E-state index >= 15 is 0 Å². The van der Waals surface area contributed by atoms with Gasteiger partial charge in [-0.25, -0.2) is 8.42 Å². The van der Waals surface area contributed by atoms with Gasteiger partial charge < -0.3 is 10.1 Å². The lowest BCUT2D eigenvalue weighted by Crippen LogP contribution is -2.41. The zero-order valence-corrected chi connectivity index (χ0v) is 17.8. The molecule has 1 aliphatic rings. The van der Waals surface area contributed by atoms with Gasteiger partial charge in [-0.05, 0) is 19.1 Å². The maximum absolute atomic E-state index is 13.0. The van der Waals surface area contributed by atoms with Gasteiger partial charge in [0.2, 0.25) is 0 Å². The summed E-state index contributed by atoms with van der Waals surface area (Å²) in [5, 5.41) is 6.96.